The summed E-state index contributed by atoms with van der Waals surface area (Å²) in [4.78, 5) is 24.7. The van der Waals surface area contributed by atoms with Crippen molar-refractivity contribution in [2.24, 2.45) is 0 Å². The van der Waals surface area contributed by atoms with Crippen LogP contribution in [-0.4, -0.2) is 21.2 Å². The van der Waals surface area contributed by atoms with Gasteiger partial charge in [0.25, 0.3) is 11.5 Å². The molecule has 2 atom stereocenters. The minimum Gasteiger partial charge on any atom is -0.378 e. The first-order chi connectivity index (χ1) is 11.9. The van der Waals surface area contributed by atoms with E-state index >= 15 is 0 Å². The van der Waals surface area contributed by atoms with Crippen LogP contribution in [0.15, 0.2) is 47.3 Å². The molecule has 0 bridgehead atoms. The molecule has 1 aromatic heterocycles. The van der Waals surface area contributed by atoms with Crippen molar-refractivity contribution in [3.05, 3.63) is 69.6 Å². The van der Waals surface area contributed by atoms with Gasteiger partial charge in [0.15, 0.2) is 5.60 Å². The van der Waals surface area contributed by atoms with E-state index in [4.69, 9.17) is 0 Å². The molecule has 0 aliphatic heterocycles. The highest BCUT2D eigenvalue weighted by Crippen LogP contribution is 2.29. The second kappa shape index (κ2) is 6.84. The highest BCUT2D eigenvalue weighted by Gasteiger charge is 2.34. The van der Waals surface area contributed by atoms with Crippen LogP contribution in [0.2, 0.25) is 0 Å². The number of pyridine rings is 1. The molecule has 1 aliphatic carbocycles. The minimum atomic E-state index is -1.66. The molecule has 0 saturated heterocycles. The number of hydrogen-bond acceptors (Lipinski definition) is 3. The number of aryl methyl sites for hydroxylation is 2. The number of carbonyl (C=O) groups is 1. The first-order valence-corrected chi connectivity index (χ1v) is 8.66. The molecule has 3 rings (SSSR count). The van der Waals surface area contributed by atoms with Gasteiger partial charge in [0, 0.05) is 11.8 Å². The highest BCUT2D eigenvalue weighted by atomic mass is 16.3. The van der Waals surface area contributed by atoms with Gasteiger partial charge in [0.05, 0.1) is 12.6 Å². The number of aromatic nitrogens is 1. The predicted octanol–water partition coefficient (Wildman–Crippen LogP) is 2.10. The third kappa shape index (κ3) is 3.66. The van der Waals surface area contributed by atoms with Crippen LogP contribution in [0.1, 0.15) is 42.6 Å². The van der Waals surface area contributed by atoms with Crippen molar-refractivity contribution in [3.63, 3.8) is 0 Å². The number of aliphatic hydroxyl groups is 1. The van der Waals surface area contributed by atoms with E-state index in [1.54, 1.807) is 19.1 Å². The Bertz CT molecular complexity index is 839. The lowest BCUT2D eigenvalue weighted by atomic mass is 9.87. The van der Waals surface area contributed by atoms with Crippen molar-refractivity contribution in [1.82, 2.24) is 9.88 Å². The third-order valence-electron chi connectivity index (χ3n) is 4.90. The predicted molar refractivity (Wildman–Crippen MR) is 96.3 cm³/mol. The molecule has 25 heavy (non-hydrogen) atoms. The van der Waals surface area contributed by atoms with E-state index in [1.807, 2.05) is 18.2 Å². The zero-order chi connectivity index (χ0) is 18.0. The molecule has 0 fully saturated rings. The van der Waals surface area contributed by atoms with Gasteiger partial charge in [0.1, 0.15) is 0 Å². The first kappa shape index (κ1) is 17.4. The molecule has 1 heterocycles. The first-order valence-electron chi connectivity index (χ1n) is 8.66. The van der Waals surface area contributed by atoms with Crippen LogP contribution in [0.3, 0.4) is 0 Å². The van der Waals surface area contributed by atoms with Crippen molar-refractivity contribution >= 4 is 5.91 Å². The normalized spacial score (nSPS) is 18.9. The fourth-order valence-corrected chi connectivity index (χ4v) is 3.42. The molecule has 2 aromatic rings. The van der Waals surface area contributed by atoms with Gasteiger partial charge in [-0.1, -0.05) is 30.3 Å². The quantitative estimate of drug-likeness (QED) is 0.895. The number of benzene rings is 1. The number of nitrogens with zero attached hydrogens (tertiary/aromatic N) is 1. The maximum Gasteiger partial charge on any atom is 0.254 e. The lowest BCUT2D eigenvalue weighted by Gasteiger charge is -2.30. The summed E-state index contributed by atoms with van der Waals surface area (Å²) in [6.07, 6.45) is 2.86. The number of hydrogen-bond donors (Lipinski definition) is 2. The summed E-state index contributed by atoms with van der Waals surface area (Å²) in [5.74, 6) is -0.454. The molecule has 1 aliphatic rings. The number of carbonyl (C=O) groups excluding carboxylic acids is 1. The van der Waals surface area contributed by atoms with Gasteiger partial charge >= 0.3 is 0 Å². The molecular formula is C20H24N2O3. The van der Waals surface area contributed by atoms with Gasteiger partial charge < -0.3 is 15.0 Å². The number of amides is 1. The Kier molecular flexibility index (Phi) is 4.77. The average Bonchev–Trinajstić information content (AvgIpc) is 2.58. The molecular weight excluding hydrogens is 316 g/mol. The summed E-state index contributed by atoms with van der Waals surface area (Å²) >= 11 is 0. The Balaban J connectivity index is 1.78. The van der Waals surface area contributed by atoms with Crippen LogP contribution >= 0.6 is 0 Å². The summed E-state index contributed by atoms with van der Waals surface area (Å²) in [6, 6.07) is 12.9. The number of rotatable bonds is 4. The summed E-state index contributed by atoms with van der Waals surface area (Å²) in [6.45, 7) is 3.17. The molecule has 132 valence electrons. The van der Waals surface area contributed by atoms with Crippen molar-refractivity contribution in [1.29, 1.82) is 0 Å². The third-order valence-corrected chi connectivity index (χ3v) is 4.90. The van der Waals surface area contributed by atoms with Crippen LogP contribution < -0.4 is 10.9 Å². The van der Waals surface area contributed by atoms with Gasteiger partial charge in [-0.25, -0.2) is 0 Å². The SMILES string of the molecule is Cc1cccc(=O)n1C[C@](C)(O)C(=O)N[C@H]1CCCc2ccccc21. The minimum absolute atomic E-state index is 0.0707. The molecule has 0 saturated carbocycles. The Morgan fingerprint density at radius 1 is 1.28 bits per heavy atom. The largest absolute Gasteiger partial charge is 0.378 e. The number of fused-ring (bicyclic) bond motifs is 1. The fraction of sp³-hybridized carbons (Fsp3) is 0.400. The zero-order valence-electron chi connectivity index (χ0n) is 14.7. The lowest BCUT2D eigenvalue weighted by Crippen LogP contribution is -2.50. The van der Waals surface area contributed by atoms with Crippen molar-refractivity contribution < 1.29 is 9.90 Å². The summed E-state index contributed by atoms with van der Waals surface area (Å²) in [5, 5.41) is 13.7. The van der Waals surface area contributed by atoms with E-state index in [0.717, 1.165) is 24.8 Å². The second-order valence-corrected chi connectivity index (χ2v) is 6.98. The van der Waals surface area contributed by atoms with E-state index in [2.05, 4.69) is 11.4 Å². The molecule has 1 amide bonds. The Labute approximate surface area is 147 Å². The summed E-state index contributed by atoms with van der Waals surface area (Å²) in [5.41, 5.74) is 1.18. The van der Waals surface area contributed by atoms with Crippen molar-refractivity contribution in [2.45, 2.75) is 51.3 Å². The molecule has 0 unspecified atom stereocenters. The molecule has 0 spiro atoms. The van der Waals surface area contributed by atoms with Crippen molar-refractivity contribution in [3.8, 4) is 0 Å². The maximum absolute atomic E-state index is 12.7. The lowest BCUT2D eigenvalue weighted by molar-refractivity contribution is -0.140. The molecule has 5 heteroatoms. The van der Waals surface area contributed by atoms with Gasteiger partial charge in [0.2, 0.25) is 0 Å². The highest BCUT2D eigenvalue weighted by molar-refractivity contribution is 5.84. The molecule has 2 N–H and O–H groups in total. The van der Waals surface area contributed by atoms with Crippen LogP contribution in [0.25, 0.3) is 0 Å². The topological polar surface area (TPSA) is 71.3 Å². The summed E-state index contributed by atoms with van der Waals surface area (Å²) < 4.78 is 1.42. The van der Waals surface area contributed by atoms with Gasteiger partial charge in [-0.3, -0.25) is 9.59 Å². The second-order valence-electron chi connectivity index (χ2n) is 6.98. The zero-order valence-corrected chi connectivity index (χ0v) is 14.7. The van der Waals surface area contributed by atoms with Gasteiger partial charge in [-0.2, -0.15) is 0 Å². The van der Waals surface area contributed by atoms with E-state index in [1.165, 1.54) is 23.1 Å². The van der Waals surface area contributed by atoms with Crippen molar-refractivity contribution in [2.75, 3.05) is 0 Å². The average molecular weight is 340 g/mol. The molecule has 1 aromatic carbocycles. The standard InChI is InChI=1S/C20H24N2O3/c1-14-7-5-12-18(23)22(14)13-20(2,25)19(24)21-17-11-6-9-15-8-3-4-10-16(15)17/h3-5,7-8,10,12,17,25H,6,9,11,13H2,1-2H3,(H,21,24)/t17-,20-/m0/s1. The van der Waals surface area contributed by atoms with Crippen LogP contribution in [0, 0.1) is 6.92 Å². The van der Waals surface area contributed by atoms with Gasteiger partial charge in [-0.15, -0.1) is 0 Å². The molecule has 0 radical (unpaired) electrons. The van der Waals surface area contributed by atoms with E-state index < -0.39 is 11.5 Å². The van der Waals surface area contributed by atoms with E-state index in [0.29, 0.717) is 5.69 Å². The van der Waals surface area contributed by atoms with E-state index in [-0.39, 0.29) is 18.1 Å². The maximum atomic E-state index is 12.7. The van der Waals surface area contributed by atoms with E-state index in [9.17, 15) is 14.7 Å². The summed E-state index contributed by atoms with van der Waals surface area (Å²) in [7, 11) is 0. The monoisotopic (exact) mass is 340 g/mol. The Morgan fingerprint density at radius 2 is 2.04 bits per heavy atom. The van der Waals surface area contributed by atoms with Crippen LogP contribution in [0.4, 0.5) is 0 Å². The Hall–Kier alpha value is -2.40. The Morgan fingerprint density at radius 3 is 2.80 bits per heavy atom. The van der Waals surface area contributed by atoms with Crippen LogP contribution in [0.5, 0.6) is 0 Å². The van der Waals surface area contributed by atoms with Gasteiger partial charge in [-0.05, 0) is 50.3 Å². The van der Waals surface area contributed by atoms with Crippen LogP contribution in [-0.2, 0) is 17.8 Å². The smallest absolute Gasteiger partial charge is 0.254 e. The molecule has 5 nitrogen and oxygen atoms in total. The number of nitrogens with one attached hydrogen (secondary N) is 1. The fourth-order valence-electron chi connectivity index (χ4n) is 3.42.